The molecule has 16 heavy (non-hydrogen) atoms. The Bertz CT molecular complexity index is 145. The monoisotopic (exact) mass is 243 g/mol. The Morgan fingerprint density at radius 2 is 1.44 bits per heavy atom. The maximum absolute atomic E-state index is 6.39. The van der Waals surface area contributed by atoms with Crippen molar-refractivity contribution in [3.8, 4) is 0 Å². The van der Waals surface area contributed by atoms with Crippen molar-refractivity contribution in [3.05, 3.63) is 0 Å². The van der Waals surface area contributed by atoms with Gasteiger partial charge in [-0.1, -0.05) is 58.0 Å². The summed E-state index contributed by atoms with van der Waals surface area (Å²) in [6.45, 7) is 13.5. The Labute approximate surface area is 107 Å². The molecule has 0 saturated heterocycles. The largest absolute Gasteiger partial charge is 0.487 e. The third kappa shape index (κ3) is 6.25. The van der Waals surface area contributed by atoms with Crippen molar-refractivity contribution in [1.82, 2.24) is 4.90 Å². The lowest BCUT2D eigenvalue weighted by molar-refractivity contribution is 0.0266. The van der Waals surface area contributed by atoms with E-state index in [2.05, 4.69) is 39.5 Å². The molecule has 0 heterocycles. The van der Waals surface area contributed by atoms with E-state index in [0.717, 1.165) is 19.5 Å². The van der Waals surface area contributed by atoms with Crippen LogP contribution in [0.2, 0.25) is 10.6 Å². The maximum atomic E-state index is 6.39. The van der Waals surface area contributed by atoms with E-state index >= 15 is 0 Å². The molecule has 3 heteroatoms. The van der Waals surface area contributed by atoms with Crippen molar-refractivity contribution in [2.24, 2.45) is 0 Å². The van der Waals surface area contributed by atoms with E-state index in [1.54, 1.807) is 0 Å². The molecular weight excluding hydrogens is 213 g/mol. The van der Waals surface area contributed by atoms with Crippen molar-refractivity contribution in [1.29, 1.82) is 0 Å². The van der Waals surface area contributed by atoms with Crippen LogP contribution < -0.4 is 0 Å². The van der Waals surface area contributed by atoms with Gasteiger partial charge in [0.25, 0.3) is 0 Å². The van der Waals surface area contributed by atoms with Crippen LogP contribution in [0.5, 0.6) is 0 Å². The van der Waals surface area contributed by atoms with Crippen LogP contribution in [-0.4, -0.2) is 38.7 Å². The zero-order valence-electron chi connectivity index (χ0n) is 12.0. The Morgan fingerprint density at radius 3 is 1.75 bits per heavy atom. The van der Waals surface area contributed by atoms with Gasteiger partial charge in [0.1, 0.15) is 0 Å². The highest BCUT2D eigenvalue weighted by Crippen LogP contribution is 2.14. The predicted molar refractivity (Wildman–Crippen MR) is 74.0 cm³/mol. The second-order valence-corrected chi connectivity index (χ2v) is 7.09. The van der Waals surface area contributed by atoms with Gasteiger partial charge in [-0.3, -0.25) is 4.90 Å². The Kier molecular flexibility index (Phi) is 10.9. The van der Waals surface area contributed by atoms with E-state index in [4.69, 9.17) is 3.79 Å². The van der Waals surface area contributed by atoms with Gasteiger partial charge in [-0.15, -0.1) is 0 Å². The van der Waals surface area contributed by atoms with Crippen molar-refractivity contribution >= 4 is 14.5 Å². The average molecular weight is 243 g/mol. The molecule has 96 valence electrons. The van der Waals surface area contributed by atoms with E-state index in [-0.39, 0.29) is 0 Å². The first-order valence-corrected chi connectivity index (χ1v) is 9.23. The summed E-state index contributed by atoms with van der Waals surface area (Å²) in [5.74, 6) is 0. The molecule has 0 rings (SSSR count). The molecule has 0 spiro atoms. The van der Waals surface area contributed by atoms with E-state index in [0.29, 0.717) is 6.23 Å². The normalized spacial score (nSPS) is 13.1. The van der Waals surface area contributed by atoms with Crippen LogP contribution in [-0.2, 0) is 3.79 Å². The zero-order valence-corrected chi connectivity index (χ0v) is 13.1. The molecule has 1 unspecified atom stereocenters. The van der Waals surface area contributed by atoms with Crippen molar-refractivity contribution in [2.75, 3.05) is 13.1 Å². The molecule has 0 saturated carbocycles. The lowest BCUT2D eigenvalue weighted by atomic mass is 10.3. The first-order valence-electron chi connectivity index (χ1n) is 7.12. The molecule has 0 aliphatic rings. The van der Waals surface area contributed by atoms with E-state index in [1.807, 2.05) is 0 Å². The fourth-order valence-corrected chi connectivity index (χ4v) is 4.88. The van der Waals surface area contributed by atoms with Gasteiger partial charge in [0.2, 0.25) is 0 Å². The van der Waals surface area contributed by atoms with Gasteiger partial charge in [-0.25, -0.2) is 0 Å². The van der Waals surface area contributed by atoms with Gasteiger partial charge in [-0.2, -0.15) is 0 Å². The topological polar surface area (TPSA) is 12.5 Å². The molecular formula is C13H30AlNO. The van der Waals surface area contributed by atoms with E-state index < -0.39 is 14.5 Å². The van der Waals surface area contributed by atoms with Gasteiger partial charge >= 0.3 is 14.5 Å². The summed E-state index contributed by atoms with van der Waals surface area (Å²) < 4.78 is 6.39. The number of hydrogen-bond acceptors (Lipinski definition) is 2. The van der Waals surface area contributed by atoms with Gasteiger partial charge in [0, 0.05) is 0 Å². The fourth-order valence-electron chi connectivity index (χ4n) is 2.22. The number of nitrogens with zero attached hydrogens (tertiary/aromatic N) is 1. The summed E-state index contributed by atoms with van der Waals surface area (Å²) in [5.41, 5.74) is 0. The standard InChI is InChI=1S/C7H16NO.2C3H7.Al/c1-4-7(9)8(5-2)6-3;2*1-3-2;/h7H,4-6H2,1-3H3;2*1,3H2,2H3;/q-1;;;+1. The molecule has 2 nitrogen and oxygen atoms in total. The zero-order chi connectivity index (χ0) is 12.4. The molecule has 0 aromatic carbocycles. The van der Waals surface area contributed by atoms with Crippen LogP contribution in [0.25, 0.3) is 0 Å². The first-order chi connectivity index (χ1) is 7.73. The highest BCUT2D eigenvalue weighted by atomic mass is 27.2. The van der Waals surface area contributed by atoms with Gasteiger partial charge in [0.15, 0.2) is 0 Å². The highest BCUT2D eigenvalue weighted by Gasteiger charge is 2.24. The van der Waals surface area contributed by atoms with Crippen LogP contribution in [0.1, 0.15) is 53.9 Å². The summed E-state index contributed by atoms with van der Waals surface area (Å²) >= 11 is -0.935. The second kappa shape index (κ2) is 10.6. The van der Waals surface area contributed by atoms with Crippen molar-refractivity contribution in [3.63, 3.8) is 0 Å². The molecule has 0 amide bonds. The SMILES string of the molecule is CC[CH2][Al]([CH2]CC)[O]C(CC)N(CC)CC. The van der Waals surface area contributed by atoms with Crippen LogP contribution in [0.15, 0.2) is 0 Å². The molecule has 0 aromatic rings. The molecule has 0 aliphatic heterocycles. The maximum Gasteiger partial charge on any atom is 0.461 e. The Balaban J connectivity index is 4.22. The Morgan fingerprint density at radius 1 is 0.938 bits per heavy atom. The summed E-state index contributed by atoms with van der Waals surface area (Å²) in [6, 6.07) is 0. The molecule has 0 aliphatic carbocycles. The number of hydrogen-bond donors (Lipinski definition) is 0. The van der Waals surface area contributed by atoms with Crippen LogP contribution >= 0.6 is 0 Å². The lowest BCUT2D eigenvalue weighted by Gasteiger charge is -2.32. The third-order valence-corrected chi connectivity index (χ3v) is 6.28. The van der Waals surface area contributed by atoms with Crippen LogP contribution in [0, 0.1) is 0 Å². The predicted octanol–water partition coefficient (Wildman–Crippen LogP) is 3.89. The molecule has 1 atom stereocenters. The molecule has 0 aromatic heterocycles. The van der Waals surface area contributed by atoms with Crippen LogP contribution in [0.3, 0.4) is 0 Å². The summed E-state index contributed by atoms with van der Waals surface area (Å²) in [5, 5.41) is 2.68. The van der Waals surface area contributed by atoms with Gasteiger partial charge < -0.3 is 3.79 Å². The van der Waals surface area contributed by atoms with Crippen LogP contribution in [0.4, 0.5) is 0 Å². The van der Waals surface area contributed by atoms with Gasteiger partial charge in [-0.05, 0) is 19.5 Å². The molecule has 0 fully saturated rings. The first kappa shape index (κ1) is 16.5. The van der Waals surface area contributed by atoms with E-state index in [1.165, 1.54) is 23.4 Å². The summed E-state index contributed by atoms with van der Waals surface area (Å²) in [6.07, 6.45) is 4.07. The minimum atomic E-state index is -0.935. The molecule has 0 bridgehead atoms. The van der Waals surface area contributed by atoms with Crippen molar-refractivity contribution in [2.45, 2.75) is 70.7 Å². The van der Waals surface area contributed by atoms with Gasteiger partial charge in [0.05, 0.1) is 6.23 Å². The summed E-state index contributed by atoms with van der Waals surface area (Å²) in [4.78, 5) is 2.45. The molecule has 0 radical (unpaired) electrons. The Hall–Kier alpha value is 0.452. The molecule has 0 N–H and O–H groups in total. The smallest absolute Gasteiger partial charge is 0.461 e. The van der Waals surface area contributed by atoms with E-state index in [9.17, 15) is 0 Å². The highest BCUT2D eigenvalue weighted by molar-refractivity contribution is 6.51. The lowest BCUT2D eigenvalue weighted by Crippen LogP contribution is -2.40. The minimum Gasteiger partial charge on any atom is -0.487 e. The quantitative estimate of drug-likeness (QED) is 0.426. The fraction of sp³-hybridized carbons (Fsp3) is 1.00. The number of rotatable bonds is 10. The summed E-state index contributed by atoms with van der Waals surface area (Å²) in [7, 11) is 0. The second-order valence-electron chi connectivity index (χ2n) is 4.42. The third-order valence-electron chi connectivity index (χ3n) is 3.14. The van der Waals surface area contributed by atoms with Crippen molar-refractivity contribution < 1.29 is 3.79 Å². The minimum absolute atomic E-state index is 0.379. The average Bonchev–Trinajstić information content (AvgIpc) is 2.29.